The number of amides is 2. The molecule has 144 valence electrons. The SMILES string of the molecule is COc1cc(C)ccc1OCC(=O)NNC(=O)COc1ccc(Cl)cc1C. The number of benzene rings is 2. The number of methoxy groups -OCH3 is 1. The Morgan fingerprint density at radius 1 is 0.889 bits per heavy atom. The lowest BCUT2D eigenvalue weighted by molar-refractivity contribution is -0.131. The van der Waals surface area contributed by atoms with E-state index < -0.39 is 11.8 Å². The Labute approximate surface area is 162 Å². The molecule has 0 atom stereocenters. The number of nitrogens with one attached hydrogen (secondary N) is 2. The second kappa shape index (κ2) is 9.68. The molecule has 0 saturated carbocycles. The molecular weight excluding hydrogens is 372 g/mol. The summed E-state index contributed by atoms with van der Waals surface area (Å²) in [6.07, 6.45) is 0. The fourth-order valence-electron chi connectivity index (χ4n) is 2.17. The Hall–Kier alpha value is -2.93. The average Bonchev–Trinajstić information content (AvgIpc) is 2.64. The minimum atomic E-state index is -0.520. The van der Waals surface area contributed by atoms with Crippen molar-refractivity contribution in [3.05, 3.63) is 52.5 Å². The molecule has 2 N–H and O–H groups in total. The van der Waals surface area contributed by atoms with Crippen molar-refractivity contribution in [1.82, 2.24) is 10.9 Å². The lowest BCUT2D eigenvalue weighted by Crippen LogP contribution is -2.45. The van der Waals surface area contributed by atoms with Crippen LogP contribution >= 0.6 is 11.6 Å². The van der Waals surface area contributed by atoms with Crippen LogP contribution in [0.3, 0.4) is 0 Å². The summed E-state index contributed by atoms with van der Waals surface area (Å²) in [6.45, 7) is 3.20. The van der Waals surface area contributed by atoms with E-state index in [4.69, 9.17) is 25.8 Å². The molecule has 0 aliphatic rings. The van der Waals surface area contributed by atoms with Gasteiger partial charge in [0.05, 0.1) is 7.11 Å². The highest BCUT2D eigenvalue weighted by molar-refractivity contribution is 6.30. The third kappa shape index (κ3) is 6.38. The van der Waals surface area contributed by atoms with Crippen LogP contribution in [0.15, 0.2) is 36.4 Å². The summed E-state index contributed by atoms with van der Waals surface area (Å²) in [5, 5.41) is 0.585. The zero-order valence-corrected chi connectivity index (χ0v) is 16.1. The van der Waals surface area contributed by atoms with E-state index in [1.807, 2.05) is 19.9 Å². The third-order valence-electron chi connectivity index (χ3n) is 3.51. The van der Waals surface area contributed by atoms with Gasteiger partial charge in [-0.3, -0.25) is 20.4 Å². The number of rotatable bonds is 7. The summed E-state index contributed by atoms with van der Waals surface area (Å²) in [5.41, 5.74) is 6.32. The van der Waals surface area contributed by atoms with E-state index >= 15 is 0 Å². The first-order valence-corrected chi connectivity index (χ1v) is 8.51. The van der Waals surface area contributed by atoms with Gasteiger partial charge in [-0.2, -0.15) is 0 Å². The summed E-state index contributed by atoms with van der Waals surface area (Å²) in [7, 11) is 1.52. The van der Waals surface area contributed by atoms with Crippen LogP contribution in [-0.2, 0) is 9.59 Å². The first-order chi connectivity index (χ1) is 12.9. The van der Waals surface area contributed by atoms with Crippen LogP contribution in [0, 0.1) is 13.8 Å². The van der Waals surface area contributed by atoms with Crippen molar-refractivity contribution in [2.45, 2.75) is 13.8 Å². The van der Waals surface area contributed by atoms with Gasteiger partial charge in [-0.25, -0.2) is 0 Å². The summed E-state index contributed by atoms with van der Waals surface area (Å²) in [4.78, 5) is 23.6. The van der Waals surface area contributed by atoms with Crippen molar-refractivity contribution in [1.29, 1.82) is 0 Å². The quantitative estimate of drug-likeness (QED) is 0.707. The molecule has 0 aromatic heterocycles. The van der Waals surface area contributed by atoms with Crippen molar-refractivity contribution in [3.8, 4) is 17.2 Å². The summed E-state index contributed by atoms with van der Waals surface area (Å²) in [5.74, 6) is 0.472. The van der Waals surface area contributed by atoms with E-state index in [9.17, 15) is 9.59 Å². The molecule has 0 saturated heterocycles. The molecule has 2 aromatic rings. The van der Waals surface area contributed by atoms with Crippen molar-refractivity contribution in [2.24, 2.45) is 0 Å². The number of hydrogen-bond acceptors (Lipinski definition) is 5. The molecule has 8 heteroatoms. The Bertz CT molecular complexity index is 826. The smallest absolute Gasteiger partial charge is 0.276 e. The van der Waals surface area contributed by atoms with Gasteiger partial charge in [-0.1, -0.05) is 17.7 Å². The molecule has 0 fully saturated rings. The Balaban J connectivity index is 1.74. The van der Waals surface area contributed by atoms with E-state index in [-0.39, 0.29) is 13.2 Å². The van der Waals surface area contributed by atoms with Gasteiger partial charge in [0, 0.05) is 5.02 Å². The monoisotopic (exact) mass is 392 g/mol. The van der Waals surface area contributed by atoms with Gasteiger partial charge in [0.25, 0.3) is 11.8 Å². The number of carbonyl (C=O) groups excluding carboxylic acids is 2. The molecule has 0 spiro atoms. The molecule has 7 nitrogen and oxygen atoms in total. The van der Waals surface area contributed by atoms with Crippen molar-refractivity contribution in [3.63, 3.8) is 0 Å². The van der Waals surface area contributed by atoms with E-state index in [0.717, 1.165) is 11.1 Å². The third-order valence-corrected chi connectivity index (χ3v) is 3.75. The predicted molar refractivity (Wildman–Crippen MR) is 101 cm³/mol. The van der Waals surface area contributed by atoms with Crippen LogP contribution in [0.4, 0.5) is 0 Å². The van der Waals surface area contributed by atoms with Crippen molar-refractivity contribution in [2.75, 3.05) is 20.3 Å². The molecule has 0 bridgehead atoms. The van der Waals surface area contributed by atoms with Crippen LogP contribution < -0.4 is 25.1 Å². The first kappa shape index (κ1) is 20.4. The molecular formula is C19H21ClN2O5. The van der Waals surface area contributed by atoms with Crippen molar-refractivity contribution >= 4 is 23.4 Å². The summed E-state index contributed by atoms with van der Waals surface area (Å²) < 4.78 is 16.0. The van der Waals surface area contributed by atoms with Gasteiger partial charge in [0.15, 0.2) is 24.7 Å². The molecule has 0 radical (unpaired) electrons. The highest BCUT2D eigenvalue weighted by Crippen LogP contribution is 2.27. The van der Waals surface area contributed by atoms with Gasteiger partial charge < -0.3 is 14.2 Å². The van der Waals surface area contributed by atoms with Gasteiger partial charge in [0.2, 0.25) is 0 Å². The Kier molecular flexibility index (Phi) is 7.31. The second-order valence-corrected chi connectivity index (χ2v) is 6.17. The van der Waals surface area contributed by atoms with Crippen LogP contribution in [0.5, 0.6) is 17.2 Å². The summed E-state index contributed by atoms with van der Waals surface area (Å²) in [6, 6.07) is 10.4. The first-order valence-electron chi connectivity index (χ1n) is 8.13. The number of hydrazine groups is 1. The molecule has 0 heterocycles. The fourth-order valence-corrected chi connectivity index (χ4v) is 2.39. The minimum Gasteiger partial charge on any atom is -0.493 e. The maximum Gasteiger partial charge on any atom is 0.276 e. The van der Waals surface area contributed by atoms with Gasteiger partial charge in [0.1, 0.15) is 5.75 Å². The lowest BCUT2D eigenvalue weighted by atomic mass is 10.2. The Morgan fingerprint density at radius 2 is 1.48 bits per heavy atom. The normalized spacial score (nSPS) is 10.1. The fraction of sp³-hybridized carbons (Fsp3) is 0.263. The highest BCUT2D eigenvalue weighted by Gasteiger charge is 2.10. The lowest BCUT2D eigenvalue weighted by Gasteiger charge is -2.12. The highest BCUT2D eigenvalue weighted by atomic mass is 35.5. The Morgan fingerprint density at radius 3 is 2.07 bits per heavy atom. The van der Waals surface area contributed by atoms with E-state index in [1.54, 1.807) is 30.3 Å². The van der Waals surface area contributed by atoms with Gasteiger partial charge in [-0.15, -0.1) is 0 Å². The maximum absolute atomic E-state index is 11.8. The molecule has 0 unspecified atom stereocenters. The number of halogens is 1. The predicted octanol–water partition coefficient (Wildman–Crippen LogP) is 2.57. The number of aryl methyl sites for hydroxylation is 2. The maximum atomic E-state index is 11.8. The van der Waals surface area contributed by atoms with Gasteiger partial charge in [-0.05, 0) is 55.3 Å². The van der Waals surface area contributed by atoms with Crippen LogP contribution in [0.25, 0.3) is 0 Å². The molecule has 2 aromatic carbocycles. The van der Waals surface area contributed by atoms with Crippen LogP contribution in [0.2, 0.25) is 5.02 Å². The molecule has 0 aliphatic heterocycles. The largest absolute Gasteiger partial charge is 0.493 e. The minimum absolute atomic E-state index is 0.255. The average molecular weight is 393 g/mol. The number of ether oxygens (including phenoxy) is 3. The molecule has 2 rings (SSSR count). The molecule has 2 amide bonds. The zero-order chi connectivity index (χ0) is 19.8. The van der Waals surface area contributed by atoms with Crippen LogP contribution in [0.1, 0.15) is 11.1 Å². The van der Waals surface area contributed by atoms with E-state index in [2.05, 4.69) is 10.9 Å². The number of hydrogen-bond donors (Lipinski definition) is 2. The second-order valence-electron chi connectivity index (χ2n) is 5.74. The van der Waals surface area contributed by atoms with E-state index in [1.165, 1.54) is 7.11 Å². The standard InChI is InChI=1S/C19H21ClN2O5/c1-12-4-6-16(17(8-12)25-3)27-11-19(24)22-21-18(23)10-26-15-7-5-14(20)9-13(15)2/h4-9H,10-11H2,1-3H3,(H,21,23)(H,22,24). The van der Waals surface area contributed by atoms with Crippen LogP contribution in [-0.4, -0.2) is 32.1 Å². The van der Waals surface area contributed by atoms with Crippen molar-refractivity contribution < 1.29 is 23.8 Å². The summed E-state index contributed by atoms with van der Waals surface area (Å²) >= 11 is 5.86. The van der Waals surface area contributed by atoms with E-state index in [0.29, 0.717) is 22.3 Å². The molecule has 27 heavy (non-hydrogen) atoms. The van der Waals surface area contributed by atoms with Gasteiger partial charge >= 0.3 is 0 Å². The topological polar surface area (TPSA) is 85.9 Å². The number of carbonyl (C=O) groups is 2. The molecule has 0 aliphatic carbocycles. The zero-order valence-electron chi connectivity index (χ0n) is 15.3.